The minimum Gasteiger partial charge on any atom is -0.497 e. The van der Waals surface area contributed by atoms with Gasteiger partial charge in [-0.15, -0.1) is 0 Å². The molecule has 0 radical (unpaired) electrons. The highest BCUT2D eigenvalue weighted by Crippen LogP contribution is 2.41. The van der Waals surface area contributed by atoms with E-state index in [4.69, 9.17) is 14.2 Å². The van der Waals surface area contributed by atoms with Crippen molar-refractivity contribution in [1.82, 2.24) is 24.8 Å². The number of aromatic nitrogens is 3. The maximum absolute atomic E-state index is 13.5. The Morgan fingerprint density at radius 2 is 1.88 bits per heavy atom. The lowest BCUT2D eigenvalue weighted by atomic mass is 10.1. The van der Waals surface area contributed by atoms with Crippen molar-refractivity contribution >= 4 is 34.3 Å². The summed E-state index contributed by atoms with van der Waals surface area (Å²) < 4.78 is 55.2. The number of alkyl halides is 3. The summed E-state index contributed by atoms with van der Waals surface area (Å²) in [6, 6.07) is 9.98. The number of carbonyl (C=O) groups excluding carboxylic acids is 2. The van der Waals surface area contributed by atoms with Gasteiger partial charge in [0.1, 0.15) is 17.3 Å². The van der Waals surface area contributed by atoms with Crippen LogP contribution in [0.1, 0.15) is 16.8 Å². The van der Waals surface area contributed by atoms with Gasteiger partial charge < -0.3 is 34.3 Å². The van der Waals surface area contributed by atoms with Gasteiger partial charge in [0.25, 0.3) is 5.91 Å². The smallest absolute Gasteiger partial charge is 0.491 e. The SMILES string of the molecule is COc1ccc2[nH]c(-c3cncc(Nc4ccc(C(=O)N(C)C5CCN(C)C5)c(OC(=O)C(F)(F)F)c4OC)n3)cc2c1. The van der Waals surface area contributed by atoms with E-state index in [1.807, 2.05) is 36.2 Å². The van der Waals surface area contributed by atoms with E-state index in [2.05, 4.69) is 20.3 Å². The van der Waals surface area contributed by atoms with Crippen LogP contribution in [-0.4, -0.2) is 90.3 Å². The van der Waals surface area contributed by atoms with Gasteiger partial charge in [0.05, 0.1) is 43.6 Å². The first kappa shape index (κ1) is 29.6. The zero-order chi connectivity index (χ0) is 30.9. The molecule has 226 valence electrons. The molecule has 1 amide bonds. The largest absolute Gasteiger partial charge is 0.497 e. The van der Waals surface area contributed by atoms with E-state index in [1.165, 1.54) is 30.3 Å². The minimum atomic E-state index is -5.31. The van der Waals surface area contributed by atoms with Crippen molar-refractivity contribution in [2.45, 2.75) is 18.6 Å². The van der Waals surface area contributed by atoms with Crippen LogP contribution in [0.4, 0.5) is 24.7 Å². The fraction of sp³-hybridized carbons (Fsp3) is 0.310. The van der Waals surface area contributed by atoms with Crippen molar-refractivity contribution < 1.29 is 37.0 Å². The molecule has 1 atom stereocenters. The van der Waals surface area contributed by atoms with Crippen molar-refractivity contribution in [3.05, 3.63) is 54.4 Å². The third-order valence-corrected chi connectivity index (χ3v) is 7.21. The molecule has 2 N–H and O–H groups in total. The number of amides is 1. The number of halogens is 3. The zero-order valence-corrected chi connectivity index (χ0v) is 23.8. The summed E-state index contributed by atoms with van der Waals surface area (Å²) in [7, 11) is 6.23. The van der Waals surface area contributed by atoms with E-state index in [-0.39, 0.29) is 28.9 Å². The Morgan fingerprint density at radius 1 is 1.09 bits per heavy atom. The molecule has 0 saturated carbocycles. The summed E-state index contributed by atoms with van der Waals surface area (Å²) in [6.07, 6.45) is -1.68. The molecule has 0 bridgehead atoms. The molecule has 14 heteroatoms. The van der Waals surface area contributed by atoms with Crippen LogP contribution in [0.5, 0.6) is 17.2 Å². The van der Waals surface area contributed by atoms with Gasteiger partial charge in [-0.2, -0.15) is 13.2 Å². The molecule has 1 aliphatic rings. The molecule has 1 saturated heterocycles. The number of nitrogens with zero attached hydrogens (tertiary/aromatic N) is 4. The number of likely N-dealkylation sites (N-methyl/N-ethyl adjacent to an activating group) is 2. The van der Waals surface area contributed by atoms with Crippen molar-refractivity contribution in [2.75, 3.05) is 46.7 Å². The molecule has 0 aliphatic carbocycles. The zero-order valence-electron chi connectivity index (χ0n) is 23.8. The van der Waals surface area contributed by atoms with Crippen molar-refractivity contribution in [1.29, 1.82) is 0 Å². The van der Waals surface area contributed by atoms with Gasteiger partial charge in [-0.1, -0.05) is 0 Å². The van der Waals surface area contributed by atoms with Crippen LogP contribution >= 0.6 is 0 Å². The lowest BCUT2D eigenvalue weighted by Crippen LogP contribution is -2.39. The number of nitrogens with one attached hydrogen (secondary N) is 2. The van der Waals surface area contributed by atoms with Gasteiger partial charge in [-0.25, -0.2) is 9.78 Å². The highest BCUT2D eigenvalue weighted by molar-refractivity contribution is 6.00. The van der Waals surface area contributed by atoms with Crippen molar-refractivity contribution in [2.24, 2.45) is 0 Å². The fourth-order valence-corrected chi connectivity index (χ4v) is 4.94. The molecule has 2 aromatic heterocycles. The van der Waals surface area contributed by atoms with Crippen LogP contribution in [-0.2, 0) is 4.79 Å². The Morgan fingerprint density at radius 3 is 2.56 bits per heavy atom. The first-order chi connectivity index (χ1) is 20.5. The number of methoxy groups -OCH3 is 2. The minimum absolute atomic E-state index is 0.0973. The quantitative estimate of drug-likeness (QED) is 0.221. The predicted molar refractivity (Wildman–Crippen MR) is 152 cm³/mol. The summed E-state index contributed by atoms with van der Waals surface area (Å²) >= 11 is 0. The molecule has 4 aromatic rings. The van der Waals surface area contributed by atoms with Gasteiger partial charge in [-0.05, 0) is 56.4 Å². The summed E-state index contributed by atoms with van der Waals surface area (Å²) in [5.41, 5.74) is 1.82. The standard InChI is InChI=1S/C29H29F3N6O5/c1-37-10-9-17(15-37)38(2)27(39)19-6-8-21(26(42-4)25(19)43-28(40)29(30,31)32)35-24-14-33-13-23(36-24)22-12-16-11-18(41-3)5-7-20(16)34-22/h5-8,11-14,17,34H,9-10,15H2,1-4H3,(H,35,36). The van der Waals surface area contributed by atoms with E-state index >= 15 is 0 Å². The van der Waals surface area contributed by atoms with Gasteiger partial charge in [0, 0.05) is 30.5 Å². The average molecular weight is 599 g/mol. The van der Waals surface area contributed by atoms with Crippen LogP contribution in [0.25, 0.3) is 22.3 Å². The number of hydrogen-bond donors (Lipinski definition) is 2. The molecule has 5 rings (SSSR count). The molecular weight excluding hydrogens is 569 g/mol. The number of aromatic amines is 1. The number of anilines is 2. The molecular formula is C29H29F3N6O5. The Kier molecular flexibility index (Phi) is 8.13. The summed E-state index contributed by atoms with van der Waals surface area (Å²) in [5.74, 6) is -3.15. The lowest BCUT2D eigenvalue weighted by Gasteiger charge is -2.26. The van der Waals surface area contributed by atoms with Crippen LogP contribution in [0.15, 0.2) is 48.8 Å². The highest BCUT2D eigenvalue weighted by atomic mass is 19.4. The number of rotatable bonds is 8. The number of esters is 1. The third-order valence-electron chi connectivity index (χ3n) is 7.21. The van der Waals surface area contributed by atoms with Gasteiger partial charge in [0.15, 0.2) is 11.5 Å². The Hall–Kier alpha value is -4.85. The Bertz CT molecular complexity index is 1670. The molecule has 3 heterocycles. The number of likely N-dealkylation sites (tertiary alicyclic amines) is 1. The molecule has 11 nitrogen and oxygen atoms in total. The molecule has 2 aromatic carbocycles. The van der Waals surface area contributed by atoms with Gasteiger partial charge >= 0.3 is 12.1 Å². The number of fused-ring (bicyclic) bond motifs is 1. The van der Waals surface area contributed by atoms with E-state index in [0.717, 1.165) is 17.4 Å². The Balaban J connectivity index is 1.50. The molecule has 1 fully saturated rings. The average Bonchev–Trinajstić information content (AvgIpc) is 3.62. The number of hydrogen-bond acceptors (Lipinski definition) is 9. The van der Waals surface area contributed by atoms with Gasteiger partial charge in [-0.3, -0.25) is 9.78 Å². The molecule has 1 aliphatic heterocycles. The number of carbonyl (C=O) groups is 2. The molecule has 1 unspecified atom stereocenters. The predicted octanol–water partition coefficient (Wildman–Crippen LogP) is 4.63. The van der Waals surface area contributed by atoms with E-state index in [9.17, 15) is 22.8 Å². The van der Waals surface area contributed by atoms with E-state index in [0.29, 0.717) is 30.1 Å². The van der Waals surface area contributed by atoms with Crippen LogP contribution in [0, 0.1) is 0 Å². The van der Waals surface area contributed by atoms with Crippen molar-refractivity contribution in [3.63, 3.8) is 0 Å². The number of H-pyrrole nitrogens is 1. The fourth-order valence-electron chi connectivity index (χ4n) is 4.94. The topological polar surface area (TPSA) is 122 Å². The van der Waals surface area contributed by atoms with Gasteiger partial charge in [0.2, 0.25) is 0 Å². The summed E-state index contributed by atoms with van der Waals surface area (Å²) in [6.45, 7) is 1.35. The Labute approximate surface area is 244 Å². The monoisotopic (exact) mass is 598 g/mol. The van der Waals surface area contributed by atoms with Crippen LogP contribution in [0.3, 0.4) is 0 Å². The first-order valence-electron chi connectivity index (χ1n) is 13.2. The number of ether oxygens (including phenoxy) is 3. The van der Waals surface area contributed by atoms with E-state index < -0.39 is 23.8 Å². The normalized spacial score (nSPS) is 15.4. The third kappa shape index (κ3) is 6.18. The van der Waals surface area contributed by atoms with Crippen LogP contribution < -0.4 is 19.5 Å². The van der Waals surface area contributed by atoms with E-state index in [1.54, 1.807) is 20.4 Å². The van der Waals surface area contributed by atoms with Crippen LogP contribution in [0.2, 0.25) is 0 Å². The highest BCUT2D eigenvalue weighted by Gasteiger charge is 2.43. The van der Waals surface area contributed by atoms with Crippen molar-refractivity contribution in [3.8, 4) is 28.6 Å². The second-order valence-electron chi connectivity index (χ2n) is 10.1. The molecule has 43 heavy (non-hydrogen) atoms. The maximum atomic E-state index is 13.5. The maximum Gasteiger partial charge on any atom is 0.491 e. The summed E-state index contributed by atoms with van der Waals surface area (Å²) in [5, 5.41) is 3.85. The number of benzene rings is 2. The second-order valence-corrected chi connectivity index (χ2v) is 10.1. The lowest BCUT2D eigenvalue weighted by molar-refractivity contribution is -0.189. The second kappa shape index (κ2) is 11.8. The first-order valence-corrected chi connectivity index (χ1v) is 13.2. The molecule has 0 spiro atoms. The summed E-state index contributed by atoms with van der Waals surface area (Å²) in [4.78, 5) is 40.9.